The van der Waals surface area contributed by atoms with Crippen molar-refractivity contribution in [2.45, 2.75) is 53.4 Å². The fraction of sp³-hybridized carbons (Fsp3) is 0.522. The second-order valence-electron chi connectivity index (χ2n) is 5.59. The molecular weight excluding hydrogens is 352 g/mol. The highest BCUT2D eigenvalue weighted by Crippen LogP contribution is 2.04. The van der Waals surface area contributed by atoms with Crippen molar-refractivity contribution >= 4 is 6.03 Å². The van der Waals surface area contributed by atoms with Gasteiger partial charge in [0.15, 0.2) is 0 Å². The second kappa shape index (κ2) is 22.8. The Bertz CT molecular complexity index is 506. The van der Waals surface area contributed by atoms with E-state index in [9.17, 15) is 4.79 Å². The molecule has 0 saturated carbocycles. The number of hydrogen-bond acceptors (Lipinski definition) is 3. The number of urea groups is 1. The highest BCUT2D eigenvalue weighted by Gasteiger charge is 1.97. The fourth-order valence-corrected chi connectivity index (χ4v) is 1.92. The van der Waals surface area contributed by atoms with Gasteiger partial charge >= 0.3 is 6.03 Å². The van der Waals surface area contributed by atoms with Crippen LogP contribution in [0.25, 0.3) is 0 Å². The quantitative estimate of drug-likeness (QED) is 0.222. The van der Waals surface area contributed by atoms with Crippen LogP contribution < -0.4 is 11.1 Å². The third-order valence-electron chi connectivity index (χ3n) is 3.26. The fourth-order valence-electron chi connectivity index (χ4n) is 1.92. The van der Waals surface area contributed by atoms with Crippen molar-refractivity contribution in [3.63, 3.8) is 0 Å². The lowest BCUT2D eigenvalue weighted by Crippen LogP contribution is -2.29. The number of ether oxygens (including phenoxy) is 2. The highest BCUT2D eigenvalue weighted by atomic mass is 16.5. The molecule has 5 nitrogen and oxygen atoms in total. The van der Waals surface area contributed by atoms with Crippen molar-refractivity contribution < 1.29 is 14.3 Å². The van der Waals surface area contributed by atoms with E-state index in [1.807, 2.05) is 44.2 Å². The summed E-state index contributed by atoms with van der Waals surface area (Å²) < 4.78 is 11.4. The summed E-state index contributed by atoms with van der Waals surface area (Å²) >= 11 is 0. The monoisotopic (exact) mass is 392 g/mol. The topological polar surface area (TPSA) is 73.6 Å². The van der Waals surface area contributed by atoms with Crippen molar-refractivity contribution in [1.82, 2.24) is 5.32 Å². The molecule has 28 heavy (non-hydrogen) atoms. The minimum Gasteiger partial charge on any atom is -0.491 e. The zero-order chi connectivity index (χ0) is 21.5. The van der Waals surface area contributed by atoms with Gasteiger partial charge in [-0.3, -0.25) is 0 Å². The lowest BCUT2D eigenvalue weighted by Gasteiger charge is -2.09. The SMILES string of the molecule is C=C/C=C(\C=C/CCCC)OCCOCC(/C=C\CC)=C/CNC(N)=O.CC. The molecule has 0 heterocycles. The number of hydrogen-bond donors (Lipinski definition) is 2. The molecule has 0 unspecified atom stereocenters. The predicted molar refractivity (Wildman–Crippen MR) is 120 cm³/mol. The summed E-state index contributed by atoms with van der Waals surface area (Å²) in [5.41, 5.74) is 6.05. The number of nitrogens with one attached hydrogen (secondary N) is 1. The third-order valence-corrected chi connectivity index (χ3v) is 3.26. The van der Waals surface area contributed by atoms with Crippen molar-refractivity contribution in [3.05, 3.63) is 60.4 Å². The molecule has 0 aliphatic heterocycles. The Morgan fingerprint density at radius 1 is 1.14 bits per heavy atom. The van der Waals surface area contributed by atoms with E-state index in [0.29, 0.717) is 26.4 Å². The number of unbranched alkanes of at least 4 members (excludes halogenated alkanes) is 2. The Hall–Kier alpha value is -2.27. The van der Waals surface area contributed by atoms with Gasteiger partial charge in [0.05, 0.1) is 13.2 Å². The molecule has 2 amide bonds. The van der Waals surface area contributed by atoms with E-state index in [1.165, 1.54) is 12.8 Å². The van der Waals surface area contributed by atoms with Crippen LogP contribution >= 0.6 is 0 Å². The van der Waals surface area contributed by atoms with Crippen LogP contribution in [0, 0.1) is 0 Å². The standard InChI is InChI=1S/C21H34N2O3.C2H6/c1-4-7-9-10-13-20(11-6-3)26-17-16-25-18-19(12-8-5-2)14-15-23-21(22)24;1-2/h6,8,10-14H,3-5,7,9,15-18H2,1-2H3,(H3,22,23,24);1-2H3/b12-8-,13-10-,19-14+,20-11+;. The van der Waals surface area contributed by atoms with Crippen molar-refractivity contribution in [2.75, 3.05) is 26.4 Å². The van der Waals surface area contributed by atoms with Crippen LogP contribution in [-0.2, 0) is 9.47 Å². The molecule has 0 saturated heterocycles. The molecule has 0 aromatic rings. The molecule has 0 aliphatic rings. The lowest BCUT2D eigenvalue weighted by atomic mass is 10.2. The molecular formula is C23H40N2O3. The van der Waals surface area contributed by atoms with Crippen LogP contribution in [0.4, 0.5) is 4.79 Å². The summed E-state index contributed by atoms with van der Waals surface area (Å²) in [6.07, 6.45) is 17.9. The molecule has 0 atom stereocenters. The molecule has 160 valence electrons. The summed E-state index contributed by atoms with van der Waals surface area (Å²) in [5.74, 6) is 0.784. The second-order valence-corrected chi connectivity index (χ2v) is 5.59. The zero-order valence-electron chi connectivity index (χ0n) is 18.2. The van der Waals surface area contributed by atoms with Gasteiger partial charge in [-0.15, -0.1) is 0 Å². The molecule has 0 bridgehead atoms. The largest absolute Gasteiger partial charge is 0.491 e. The molecule has 3 N–H and O–H groups in total. The van der Waals surface area contributed by atoms with E-state index in [1.54, 1.807) is 6.08 Å². The minimum atomic E-state index is -0.539. The van der Waals surface area contributed by atoms with E-state index in [-0.39, 0.29) is 0 Å². The first-order valence-electron chi connectivity index (χ1n) is 10.2. The average molecular weight is 393 g/mol. The lowest BCUT2D eigenvalue weighted by molar-refractivity contribution is 0.0925. The number of allylic oxidation sites excluding steroid dienone is 5. The molecule has 0 rings (SSSR count). The van der Waals surface area contributed by atoms with Crippen LogP contribution in [0.5, 0.6) is 0 Å². The number of primary amides is 1. The summed E-state index contributed by atoms with van der Waals surface area (Å²) in [7, 11) is 0. The maximum Gasteiger partial charge on any atom is 0.312 e. The van der Waals surface area contributed by atoms with Gasteiger partial charge in [-0.2, -0.15) is 0 Å². The number of rotatable bonds is 15. The number of amides is 2. The van der Waals surface area contributed by atoms with Crippen LogP contribution in [0.3, 0.4) is 0 Å². The van der Waals surface area contributed by atoms with Gasteiger partial charge < -0.3 is 20.5 Å². The Labute approximate surface area is 172 Å². The zero-order valence-corrected chi connectivity index (χ0v) is 18.2. The van der Waals surface area contributed by atoms with Gasteiger partial charge in [-0.05, 0) is 30.6 Å². The Morgan fingerprint density at radius 2 is 1.89 bits per heavy atom. The Balaban J connectivity index is 0. The molecule has 0 fully saturated rings. The summed E-state index contributed by atoms with van der Waals surface area (Å²) in [6, 6.07) is -0.539. The molecule has 0 aromatic heterocycles. The van der Waals surface area contributed by atoms with Crippen LogP contribution in [0.15, 0.2) is 60.4 Å². The van der Waals surface area contributed by atoms with Gasteiger partial charge in [0, 0.05) is 6.54 Å². The van der Waals surface area contributed by atoms with E-state index in [2.05, 4.69) is 31.8 Å². The molecule has 5 heteroatoms. The van der Waals surface area contributed by atoms with Crippen LogP contribution in [0.2, 0.25) is 0 Å². The van der Waals surface area contributed by atoms with Gasteiger partial charge in [0.1, 0.15) is 12.4 Å². The van der Waals surface area contributed by atoms with Gasteiger partial charge in [-0.1, -0.05) is 77.5 Å². The molecule has 0 spiro atoms. The van der Waals surface area contributed by atoms with Gasteiger partial charge in [-0.25, -0.2) is 4.79 Å². The van der Waals surface area contributed by atoms with Crippen molar-refractivity contribution in [2.24, 2.45) is 5.73 Å². The summed E-state index contributed by atoms with van der Waals surface area (Å²) in [4.78, 5) is 10.7. The highest BCUT2D eigenvalue weighted by molar-refractivity contribution is 5.71. The van der Waals surface area contributed by atoms with E-state index >= 15 is 0 Å². The third kappa shape index (κ3) is 20.0. The maximum absolute atomic E-state index is 10.7. The number of carbonyl (C=O) groups is 1. The summed E-state index contributed by atoms with van der Waals surface area (Å²) in [6.45, 7) is 13.7. The first kappa shape index (κ1) is 27.9. The van der Waals surface area contributed by atoms with Crippen molar-refractivity contribution in [3.8, 4) is 0 Å². The van der Waals surface area contributed by atoms with Crippen LogP contribution in [-0.4, -0.2) is 32.4 Å². The predicted octanol–water partition coefficient (Wildman–Crippen LogP) is 5.42. The Kier molecular flexibility index (Phi) is 22.7. The van der Waals surface area contributed by atoms with E-state index in [4.69, 9.17) is 15.2 Å². The van der Waals surface area contributed by atoms with E-state index in [0.717, 1.165) is 24.2 Å². The minimum absolute atomic E-state index is 0.382. The average Bonchev–Trinajstić information content (AvgIpc) is 2.69. The number of carbonyl (C=O) groups excluding carboxylic acids is 1. The molecule has 0 aliphatic carbocycles. The van der Waals surface area contributed by atoms with Gasteiger partial charge in [0.25, 0.3) is 0 Å². The smallest absolute Gasteiger partial charge is 0.312 e. The first-order valence-corrected chi connectivity index (χ1v) is 10.2. The maximum atomic E-state index is 10.7. The van der Waals surface area contributed by atoms with Crippen molar-refractivity contribution in [1.29, 1.82) is 0 Å². The normalized spacial score (nSPS) is 12.0. The molecule has 0 aromatic carbocycles. The number of nitrogens with two attached hydrogens (primary N) is 1. The summed E-state index contributed by atoms with van der Waals surface area (Å²) in [5, 5.41) is 2.54. The molecule has 0 radical (unpaired) electrons. The Morgan fingerprint density at radius 3 is 2.50 bits per heavy atom. The first-order chi connectivity index (χ1) is 13.6. The van der Waals surface area contributed by atoms with Gasteiger partial charge in [0.2, 0.25) is 0 Å². The van der Waals surface area contributed by atoms with Crippen LogP contribution in [0.1, 0.15) is 53.4 Å². The van der Waals surface area contributed by atoms with E-state index < -0.39 is 6.03 Å².